The Bertz CT molecular complexity index is 465. The molecule has 1 aromatic rings. The van der Waals surface area contributed by atoms with E-state index in [0.29, 0.717) is 0 Å². The third-order valence-corrected chi connectivity index (χ3v) is 1.73. The lowest BCUT2D eigenvalue weighted by molar-refractivity contribution is -0.277. The first-order chi connectivity index (χ1) is 8.42. The van der Waals surface area contributed by atoms with Crippen molar-refractivity contribution in [3.05, 3.63) is 23.1 Å². The normalized spacial score (nSPS) is 12.9. The summed E-state index contributed by atoms with van der Waals surface area (Å²) >= 11 is 0. The van der Waals surface area contributed by atoms with E-state index >= 15 is 0 Å². The Kier molecular flexibility index (Phi) is 3.87. The van der Waals surface area contributed by atoms with Crippen LogP contribution in [0.2, 0.25) is 0 Å². The highest BCUT2D eigenvalue weighted by atomic mass is 19.4. The van der Waals surface area contributed by atoms with Crippen LogP contribution in [-0.2, 0) is 6.18 Å². The minimum absolute atomic E-state index is 0.440. The van der Waals surface area contributed by atoms with Crippen LogP contribution < -0.4 is 4.74 Å². The van der Waals surface area contributed by atoms with Crippen LogP contribution >= 0.6 is 0 Å². The van der Waals surface area contributed by atoms with E-state index in [0.717, 1.165) is 0 Å². The fourth-order valence-electron chi connectivity index (χ4n) is 1.13. The summed E-state index contributed by atoms with van der Waals surface area (Å²) in [6, 6.07) is -0.440. The number of aromatic nitrogens is 1. The zero-order valence-corrected chi connectivity index (χ0v) is 8.41. The van der Waals surface area contributed by atoms with Gasteiger partial charge in [0.05, 0.1) is 11.1 Å². The molecule has 0 saturated carbocycles. The van der Waals surface area contributed by atoms with Crippen LogP contribution in [0.1, 0.15) is 17.6 Å². The van der Waals surface area contributed by atoms with Gasteiger partial charge in [-0.15, -0.1) is 13.2 Å². The van der Waals surface area contributed by atoms with Gasteiger partial charge in [-0.05, 0) is 0 Å². The van der Waals surface area contributed by atoms with Gasteiger partial charge in [0, 0.05) is 6.07 Å². The van der Waals surface area contributed by atoms with Gasteiger partial charge in [0.2, 0.25) is 11.8 Å². The van der Waals surface area contributed by atoms with Gasteiger partial charge in [0.15, 0.2) is 0 Å². The van der Waals surface area contributed by atoms with Crippen LogP contribution in [0.25, 0.3) is 0 Å². The van der Waals surface area contributed by atoms with Gasteiger partial charge in [0.25, 0.3) is 6.43 Å². The number of halogens is 9. The van der Waals surface area contributed by atoms with Gasteiger partial charge in [0.1, 0.15) is 0 Å². The molecule has 0 bridgehead atoms. The summed E-state index contributed by atoms with van der Waals surface area (Å²) in [6.45, 7) is 0. The summed E-state index contributed by atoms with van der Waals surface area (Å²) in [4.78, 5) is 2.27. The second-order valence-electron chi connectivity index (χ2n) is 3.06. The van der Waals surface area contributed by atoms with E-state index in [2.05, 4.69) is 9.72 Å². The molecule has 1 rings (SSSR count). The quantitative estimate of drug-likeness (QED) is 0.606. The highest BCUT2D eigenvalue weighted by Crippen LogP contribution is 2.41. The largest absolute Gasteiger partial charge is 0.574 e. The number of ether oxygens (including phenoxy) is 1. The lowest BCUT2D eigenvalue weighted by Crippen LogP contribution is -2.21. The summed E-state index contributed by atoms with van der Waals surface area (Å²) in [6.07, 6.45) is -15.1. The molecular formula is C8H2F9NO. The van der Waals surface area contributed by atoms with Gasteiger partial charge in [-0.3, -0.25) is 0 Å². The first kappa shape index (κ1) is 15.4. The van der Waals surface area contributed by atoms with E-state index < -0.39 is 48.0 Å². The maximum absolute atomic E-state index is 12.7. The monoisotopic (exact) mass is 299 g/mol. The van der Waals surface area contributed by atoms with E-state index in [1.165, 1.54) is 0 Å². The molecule has 0 aliphatic carbocycles. The molecule has 11 heteroatoms. The smallest absolute Gasteiger partial charge is 0.387 e. The van der Waals surface area contributed by atoms with Crippen molar-refractivity contribution >= 4 is 0 Å². The minimum Gasteiger partial charge on any atom is -0.387 e. The molecule has 1 heterocycles. The van der Waals surface area contributed by atoms with Crippen LogP contribution in [0.5, 0.6) is 5.88 Å². The van der Waals surface area contributed by atoms with Crippen LogP contribution in [0.4, 0.5) is 39.5 Å². The zero-order valence-electron chi connectivity index (χ0n) is 8.41. The SMILES string of the molecule is Fc1cc(C(F)(F)F)c(C(F)F)c(OC(F)(F)F)n1. The van der Waals surface area contributed by atoms with Crippen molar-refractivity contribution in [3.63, 3.8) is 0 Å². The Morgan fingerprint density at radius 2 is 1.58 bits per heavy atom. The third kappa shape index (κ3) is 3.89. The van der Waals surface area contributed by atoms with Gasteiger partial charge in [-0.1, -0.05) is 0 Å². The highest BCUT2D eigenvalue weighted by molar-refractivity contribution is 5.38. The van der Waals surface area contributed by atoms with E-state index in [1.54, 1.807) is 0 Å². The van der Waals surface area contributed by atoms with Crippen LogP contribution in [0, 0.1) is 5.95 Å². The number of alkyl halides is 8. The number of pyridine rings is 1. The highest BCUT2D eigenvalue weighted by Gasteiger charge is 2.42. The van der Waals surface area contributed by atoms with Crippen LogP contribution in [0.3, 0.4) is 0 Å². The topological polar surface area (TPSA) is 22.1 Å². The number of rotatable bonds is 2. The summed E-state index contributed by atoms with van der Waals surface area (Å²) < 4.78 is 113. The molecule has 0 spiro atoms. The standard InChI is InChI=1S/C8H2F9NO/c9-3-1-2(7(12,13)14)4(5(10)11)6(18-3)19-8(15,16)17/h1,5H. The molecule has 0 aliphatic heterocycles. The predicted molar refractivity (Wildman–Crippen MR) is 40.8 cm³/mol. The molecule has 1 aromatic heterocycles. The molecule has 0 fully saturated rings. The maximum Gasteiger partial charge on any atom is 0.574 e. The molecule has 0 atom stereocenters. The average molecular weight is 299 g/mol. The second kappa shape index (κ2) is 4.78. The van der Waals surface area contributed by atoms with Crippen LogP contribution in [-0.4, -0.2) is 11.3 Å². The molecule has 2 nitrogen and oxygen atoms in total. The first-order valence-corrected chi connectivity index (χ1v) is 4.23. The molecular weight excluding hydrogens is 297 g/mol. The first-order valence-electron chi connectivity index (χ1n) is 4.23. The van der Waals surface area contributed by atoms with Gasteiger partial charge < -0.3 is 4.74 Å². The van der Waals surface area contributed by atoms with Crippen molar-refractivity contribution in [2.24, 2.45) is 0 Å². The van der Waals surface area contributed by atoms with E-state index in [1.807, 2.05) is 0 Å². The molecule has 0 N–H and O–H groups in total. The maximum atomic E-state index is 12.7. The summed E-state index contributed by atoms with van der Waals surface area (Å²) in [5.74, 6) is -4.20. The Balaban J connectivity index is 3.50. The van der Waals surface area contributed by atoms with Crippen molar-refractivity contribution in [1.29, 1.82) is 0 Å². The van der Waals surface area contributed by atoms with Gasteiger partial charge >= 0.3 is 12.5 Å². The number of hydrogen-bond donors (Lipinski definition) is 0. The van der Waals surface area contributed by atoms with E-state index in [9.17, 15) is 39.5 Å². The Morgan fingerprint density at radius 3 is 1.95 bits per heavy atom. The van der Waals surface area contributed by atoms with Crippen molar-refractivity contribution in [1.82, 2.24) is 4.98 Å². The predicted octanol–water partition coefficient (Wildman–Crippen LogP) is 4.08. The number of nitrogens with zero attached hydrogens (tertiary/aromatic N) is 1. The van der Waals surface area contributed by atoms with Crippen molar-refractivity contribution in [2.75, 3.05) is 0 Å². The minimum atomic E-state index is -5.59. The van der Waals surface area contributed by atoms with Gasteiger partial charge in [-0.2, -0.15) is 22.5 Å². The molecule has 108 valence electrons. The van der Waals surface area contributed by atoms with Crippen molar-refractivity contribution in [3.8, 4) is 5.88 Å². The molecule has 0 unspecified atom stereocenters. The Labute approximate surface area is 98.3 Å². The summed E-state index contributed by atoms with van der Waals surface area (Å²) in [7, 11) is 0. The molecule has 0 amide bonds. The third-order valence-electron chi connectivity index (χ3n) is 1.73. The molecule has 0 saturated heterocycles. The Hall–Kier alpha value is -1.68. The molecule has 19 heavy (non-hydrogen) atoms. The van der Waals surface area contributed by atoms with Crippen molar-refractivity contribution < 1.29 is 44.3 Å². The molecule has 0 aliphatic rings. The summed E-state index contributed by atoms with van der Waals surface area (Å²) in [5.41, 5.74) is -4.46. The fourth-order valence-corrected chi connectivity index (χ4v) is 1.13. The van der Waals surface area contributed by atoms with Crippen LogP contribution in [0.15, 0.2) is 6.07 Å². The number of hydrogen-bond acceptors (Lipinski definition) is 2. The lowest BCUT2D eigenvalue weighted by atomic mass is 10.1. The van der Waals surface area contributed by atoms with Crippen molar-refractivity contribution in [2.45, 2.75) is 19.0 Å². The van der Waals surface area contributed by atoms with E-state index in [4.69, 9.17) is 0 Å². The average Bonchev–Trinajstić information content (AvgIpc) is 2.11. The summed E-state index contributed by atoms with van der Waals surface area (Å²) in [5, 5.41) is 0. The molecule has 0 aromatic carbocycles. The Morgan fingerprint density at radius 1 is 1.05 bits per heavy atom. The fraction of sp³-hybridized carbons (Fsp3) is 0.375. The van der Waals surface area contributed by atoms with E-state index in [-0.39, 0.29) is 0 Å². The lowest BCUT2D eigenvalue weighted by Gasteiger charge is -2.16. The zero-order chi connectivity index (χ0) is 15.0. The second-order valence-corrected chi connectivity index (χ2v) is 3.06. The molecule has 0 radical (unpaired) electrons. The van der Waals surface area contributed by atoms with Gasteiger partial charge in [-0.25, -0.2) is 8.78 Å².